The summed E-state index contributed by atoms with van der Waals surface area (Å²) in [5, 5.41) is 28.4. The number of nitriles is 1. The number of rotatable bonds is 6. The average Bonchev–Trinajstić information content (AvgIpc) is 2.18. The largest absolute Gasteiger partial charge is 0.394 e. The van der Waals surface area contributed by atoms with E-state index >= 15 is 0 Å². The minimum Gasteiger partial charge on any atom is -0.394 e. The first-order valence-corrected chi connectivity index (χ1v) is 5.21. The Hall–Kier alpha value is -0.770. The Balaban J connectivity index is 3.87. The van der Waals surface area contributed by atoms with Crippen LogP contribution in [0.2, 0.25) is 0 Å². The zero-order valence-electron chi connectivity index (χ0n) is 7.99. The number of carbonyl (C=O) groups is 1. The highest BCUT2D eigenvalue weighted by Gasteiger charge is 2.24. The van der Waals surface area contributed by atoms with Crippen LogP contribution in [0.3, 0.4) is 0 Å². The molecule has 0 saturated heterocycles. The number of nitrogens with zero attached hydrogens (tertiary/aromatic N) is 1. The molecule has 1 amide bonds. The van der Waals surface area contributed by atoms with Gasteiger partial charge in [0.1, 0.15) is 0 Å². The molecule has 0 saturated carbocycles. The molecule has 6 heteroatoms. The van der Waals surface area contributed by atoms with Crippen LogP contribution in [-0.4, -0.2) is 46.4 Å². The van der Waals surface area contributed by atoms with Crippen LogP contribution in [-0.2, 0) is 4.79 Å². The molecule has 0 unspecified atom stereocenters. The maximum absolute atomic E-state index is 11.2. The lowest BCUT2D eigenvalue weighted by molar-refractivity contribution is -0.121. The van der Waals surface area contributed by atoms with Crippen LogP contribution >= 0.6 is 11.8 Å². The SMILES string of the molecule is CC(CO)(CO)NC(=O)CSCC#N. The number of hydrogen-bond acceptors (Lipinski definition) is 5. The lowest BCUT2D eigenvalue weighted by Gasteiger charge is -2.25. The van der Waals surface area contributed by atoms with Gasteiger partial charge in [0.2, 0.25) is 5.91 Å². The minimum atomic E-state index is -0.982. The summed E-state index contributed by atoms with van der Waals surface area (Å²) >= 11 is 1.19. The molecular formula is C8H14N2O3S. The van der Waals surface area contributed by atoms with Gasteiger partial charge in [0, 0.05) is 0 Å². The van der Waals surface area contributed by atoms with Crippen molar-refractivity contribution in [2.75, 3.05) is 24.7 Å². The summed E-state index contributed by atoms with van der Waals surface area (Å²) in [6.07, 6.45) is 0. The van der Waals surface area contributed by atoms with E-state index in [9.17, 15) is 4.79 Å². The van der Waals surface area contributed by atoms with Crippen LogP contribution in [0.1, 0.15) is 6.92 Å². The summed E-state index contributed by atoms with van der Waals surface area (Å²) in [7, 11) is 0. The van der Waals surface area contributed by atoms with Crippen molar-refractivity contribution in [2.24, 2.45) is 0 Å². The molecule has 0 heterocycles. The van der Waals surface area contributed by atoms with Crippen LogP contribution in [0.4, 0.5) is 0 Å². The predicted molar refractivity (Wildman–Crippen MR) is 53.7 cm³/mol. The van der Waals surface area contributed by atoms with Gasteiger partial charge in [-0.2, -0.15) is 5.26 Å². The lowest BCUT2D eigenvalue weighted by atomic mass is 10.1. The Morgan fingerprint density at radius 3 is 2.57 bits per heavy atom. The number of carbonyl (C=O) groups excluding carboxylic acids is 1. The maximum Gasteiger partial charge on any atom is 0.230 e. The molecule has 80 valence electrons. The van der Waals surface area contributed by atoms with Gasteiger partial charge < -0.3 is 15.5 Å². The van der Waals surface area contributed by atoms with Crippen LogP contribution in [0, 0.1) is 11.3 Å². The van der Waals surface area contributed by atoms with Gasteiger partial charge in [0.15, 0.2) is 0 Å². The van der Waals surface area contributed by atoms with E-state index in [0.717, 1.165) is 0 Å². The quantitative estimate of drug-likeness (QED) is 0.502. The third kappa shape index (κ3) is 5.07. The van der Waals surface area contributed by atoms with E-state index in [0.29, 0.717) is 0 Å². The first-order chi connectivity index (χ1) is 6.58. The predicted octanol–water partition coefficient (Wildman–Crippen LogP) is -0.897. The monoisotopic (exact) mass is 218 g/mol. The first kappa shape index (κ1) is 13.2. The van der Waals surface area contributed by atoms with Crippen LogP contribution in [0.5, 0.6) is 0 Å². The molecule has 0 atom stereocenters. The number of amides is 1. The summed E-state index contributed by atoms with van der Waals surface area (Å²) < 4.78 is 0. The standard InChI is InChI=1S/C8H14N2O3S/c1-8(5-11,6-12)10-7(13)4-14-3-2-9/h11-12H,3-6H2,1H3,(H,10,13). The van der Waals surface area contributed by atoms with E-state index in [4.69, 9.17) is 15.5 Å². The van der Waals surface area contributed by atoms with Gasteiger partial charge in [-0.05, 0) is 6.92 Å². The molecule has 3 N–H and O–H groups in total. The van der Waals surface area contributed by atoms with Crippen molar-refractivity contribution in [1.29, 1.82) is 5.26 Å². The fraction of sp³-hybridized carbons (Fsp3) is 0.750. The van der Waals surface area contributed by atoms with Crippen molar-refractivity contribution in [2.45, 2.75) is 12.5 Å². The second-order valence-electron chi connectivity index (χ2n) is 3.08. The van der Waals surface area contributed by atoms with Crippen molar-refractivity contribution in [3.63, 3.8) is 0 Å². The van der Waals surface area contributed by atoms with E-state index < -0.39 is 5.54 Å². The van der Waals surface area contributed by atoms with E-state index in [-0.39, 0.29) is 30.6 Å². The molecule has 0 bridgehead atoms. The summed E-state index contributed by atoms with van der Waals surface area (Å²) in [6.45, 7) is 0.899. The molecular weight excluding hydrogens is 204 g/mol. The summed E-state index contributed by atoms with van der Waals surface area (Å²) in [4.78, 5) is 11.2. The molecule has 0 aliphatic carbocycles. The van der Waals surface area contributed by atoms with Gasteiger partial charge in [0.05, 0.1) is 36.3 Å². The molecule has 0 aliphatic rings. The fourth-order valence-corrected chi connectivity index (χ4v) is 1.14. The van der Waals surface area contributed by atoms with Gasteiger partial charge in [0.25, 0.3) is 0 Å². The molecule has 0 radical (unpaired) electrons. The molecule has 0 rings (SSSR count). The highest BCUT2D eigenvalue weighted by Crippen LogP contribution is 2.03. The molecule has 14 heavy (non-hydrogen) atoms. The Bertz CT molecular complexity index is 223. The molecule has 0 aliphatic heterocycles. The smallest absolute Gasteiger partial charge is 0.230 e. The molecule has 0 aromatic heterocycles. The summed E-state index contributed by atoms with van der Waals surface area (Å²) in [6, 6.07) is 1.90. The van der Waals surface area contributed by atoms with Crippen molar-refractivity contribution < 1.29 is 15.0 Å². The van der Waals surface area contributed by atoms with Crippen molar-refractivity contribution in [1.82, 2.24) is 5.32 Å². The van der Waals surface area contributed by atoms with Crippen LogP contribution < -0.4 is 5.32 Å². The number of hydrogen-bond donors (Lipinski definition) is 3. The third-order valence-corrected chi connectivity index (χ3v) is 2.34. The minimum absolute atomic E-state index is 0.156. The van der Waals surface area contributed by atoms with Crippen molar-refractivity contribution >= 4 is 17.7 Å². The Kier molecular flexibility index (Phi) is 6.28. The highest BCUT2D eigenvalue weighted by molar-refractivity contribution is 8.00. The lowest BCUT2D eigenvalue weighted by Crippen LogP contribution is -2.52. The van der Waals surface area contributed by atoms with Gasteiger partial charge in [-0.15, -0.1) is 11.8 Å². The summed E-state index contributed by atoms with van der Waals surface area (Å²) in [5.74, 6) is 0.113. The van der Waals surface area contributed by atoms with Crippen LogP contribution in [0.25, 0.3) is 0 Å². The molecule has 0 aromatic carbocycles. The number of thioether (sulfide) groups is 1. The summed E-state index contributed by atoms with van der Waals surface area (Å²) in [5.41, 5.74) is -0.982. The molecule has 0 spiro atoms. The topological polar surface area (TPSA) is 93.3 Å². The maximum atomic E-state index is 11.2. The number of aliphatic hydroxyl groups is 2. The molecule has 0 fully saturated rings. The normalized spacial score (nSPS) is 10.7. The fourth-order valence-electron chi connectivity index (χ4n) is 0.691. The second kappa shape index (κ2) is 6.65. The average molecular weight is 218 g/mol. The van der Waals surface area contributed by atoms with Gasteiger partial charge >= 0.3 is 0 Å². The van der Waals surface area contributed by atoms with Gasteiger partial charge in [-0.3, -0.25) is 4.79 Å². The third-order valence-electron chi connectivity index (χ3n) is 1.54. The zero-order valence-corrected chi connectivity index (χ0v) is 8.80. The van der Waals surface area contributed by atoms with Crippen LogP contribution in [0.15, 0.2) is 0 Å². The second-order valence-corrected chi connectivity index (χ2v) is 4.06. The molecule has 0 aromatic rings. The van der Waals surface area contributed by atoms with Gasteiger partial charge in [-0.25, -0.2) is 0 Å². The van der Waals surface area contributed by atoms with E-state index in [1.165, 1.54) is 11.8 Å². The zero-order chi connectivity index (χ0) is 11.0. The van der Waals surface area contributed by atoms with Crippen molar-refractivity contribution in [3.8, 4) is 6.07 Å². The number of aliphatic hydroxyl groups excluding tert-OH is 2. The first-order valence-electron chi connectivity index (χ1n) is 4.05. The Morgan fingerprint density at radius 1 is 1.57 bits per heavy atom. The van der Waals surface area contributed by atoms with E-state index in [2.05, 4.69) is 5.32 Å². The number of nitrogens with one attached hydrogen (secondary N) is 1. The Morgan fingerprint density at radius 2 is 2.14 bits per heavy atom. The van der Waals surface area contributed by atoms with Crippen molar-refractivity contribution in [3.05, 3.63) is 0 Å². The van der Waals surface area contributed by atoms with E-state index in [1.807, 2.05) is 6.07 Å². The Labute approximate surface area is 87.1 Å². The highest BCUT2D eigenvalue weighted by atomic mass is 32.2. The van der Waals surface area contributed by atoms with E-state index in [1.54, 1.807) is 6.92 Å². The molecule has 5 nitrogen and oxygen atoms in total. The van der Waals surface area contributed by atoms with Gasteiger partial charge in [-0.1, -0.05) is 0 Å².